The van der Waals surface area contributed by atoms with E-state index in [1.54, 1.807) is 11.3 Å². The third-order valence-electron chi connectivity index (χ3n) is 3.71. The zero-order chi connectivity index (χ0) is 14.7. The fraction of sp³-hybridized carbons (Fsp3) is 0.714. The smallest absolute Gasteiger partial charge is 0.0936 e. The molecule has 0 bridgehead atoms. The number of nitrogens with two attached hydrogens (primary N) is 1. The van der Waals surface area contributed by atoms with Gasteiger partial charge in [-0.3, -0.25) is 4.90 Å². The van der Waals surface area contributed by atoms with Crippen molar-refractivity contribution >= 4 is 27.3 Å². The molecule has 0 radical (unpaired) electrons. The van der Waals surface area contributed by atoms with Gasteiger partial charge in [0.05, 0.1) is 24.9 Å². The third kappa shape index (κ3) is 3.81. The minimum Gasteiger partial charge on any atom is -0.394 e. The van der Waals surface area contributed by atoms with Gasteiger partial charge in [0, 0.05) is 33.9 Å². The molecule has 2 heterocycles. The Morgan fingerprint density at radius 2 is 2.35 bits per heavy atom. The van der Waals surface area contributed by atoms with Gasteiger partial charge in [-0.05, 0) is 35.3 Å². The van der Waals surface area contributed by atoms with E-state index >= 15 is 0 Å². The van der Waals surface area contributed by atoms with E-state index in [0.717, 1.165) is 24.0 Å². The lowest BCUT2D eigenvalue weighted by Gasteiger charge is -2.42. The molecule has 1 aliphatic heterocycles. The third-order valence-corrected chi connectivity index (χ3v) is 5.47. The van der Waals surface area contributed by atoms with Gasteiger partial charge >= 0.3 is 0 Å². The highest BCUT2D eigenvalue weighted by Gasteiger charge is 2.33. The number of hydrogen-bond acceptors (Lipinski definition) is 5. The van der Waals surface area contributed by atoms with Crippen molar-refractivity contribution in [1.29, 1.82) is 0 Å². The van der Waals surface area contributed by atoms with Gasteiger partial charge < -0.3 is 15.6 Å². The summed E-state index contributed by atoms with van der Waals surface area (Å²) in [5.41, 5.74) is 6.37. The Labute approximate surface area is 133 Å². The van der Waals surface area contributed by atoms with E-state index in [0.29, 0.717) is 0 Å². The van der Waals surface area contributed by atoms with Crippen molar-refractivity contribution < 1.29 is 9.84 Å². The summed E-state index contributed by atoms with van der Waals surface area (Å²) in [4.78, 5) is 3.64. The summed E-state index contributed by atoms with van der Waals surface area (Å²) in [6.07, 6.45) is 0.931. The number of rotatable bonds is 5. The van der Waals surface area contributed by atoms with Crippen LogP contribution < -0.4 is 5.73 Å². The molecule has 0 spiro atoms. The van der Waals surface area contributed by atoms with Gasteiger partial charge in [0.15, 0.2) is 0 Å². The maximum atomic E-state index is 9.39. The molecule has 1 aliphatic rings. The zero-order valence-electron chi connectivity index (χ0n) is 12.0. The van der Waals surface area contributed by atoms with Crippen LogP contribution in [0, 0.1) is 0 Å². The first-order chi connectivity index (χ1) is 9.55. The van der Waals surface area contributed by atoms with Crippen LogP contribution in [0.15, 0.2) is 15.9 Å². The van der Waals surface area contributed by atoms with Crippen LogP contribution in [0.5, 0.6) is 0 Å². The van der Waals surface area contributed by atoms with Crippen LogP contribution in [0.2, 0.25) is 0 Å². The summed E-state index contributed by atoms with van der Waals surface area (Å²) in [6, 6.07) is 2.43. The Morgan fingerprint density at radius 1 is 1.60 bits per heavy atom. The van der Waals surface area contributed by atoms with Crippen molar-refractivity contribution in [2.75, 3.05) is 19.7 Å². The van der Waals surface area contributed by atoms with Crippen LogP contribution in [0.25, 0.3) is 0 Å². The van der Waals surface area contributed by atoms with E-state index < -0.39 is 0 Å². The van der Waals surface area contributed by atoms with Crippen LogP contribution in [0.1, 0.15) is 31.2 Å². The summed E-state index contributed by atoms with van der Waals surface area (Å²) >= 11 is 5.25. The Morgan fingerprint density at radius 3 is 2.90 bits per heavy atom. The summed E-state index contributed by atoms with van der Waals surface area (Å²) in [5, 5.41) is 11.5. The second kappa shape index (κ2) is 7.33. The lowest BCUT2D eigenvalue weighted by molar-refractivity contribution is -0.108. The number of nitrogens with zero attached hydrogens (tertiary/aromatic N) is 1. The van der Waals surface area contributed by atoms with Crippen LogP contribution in [-0.2, 0) is 4.74 Å². The van der Waals surface area contributed by atoms with E-state index in [4.69, 9.17) is 10.5 Å². The predicted octanol–water partition coefficient (Wildman–Crippen LogP) is 2.37. The second-order valence-electron chi connectivity index (χ2n) is 5.39. The molecule has 0 saturated carbocycles. The molecule has 3 N–H and O–H groups in total. The molecule has 2 rings (SSSR count). The minimum atomic E-state index is -0.117. The number of aliphatic hydroxyl groups is 1. The molecule has 4 nitrogen and oxygen atoms in total. The Bertz CT molecular complexity index is 429. The average molecular weight is 363 g/mol. The summed E-state index contributed by atoms with van der Waals surface area (Å²) in [7, 11) is 0. The number of hydrogen-bond donors (Lipinski definition) is 2. The van der Waals surface area contributed by atoms with Gasteiger partial charge in [-0.1, -0.05) is 6.92 Å². The lowest BCUT2D eigenvalue weighted by atomic mass is 10.0. The molecule has 114 valence electrons. The SMILES string of the molecule is CCC(N)C(c1cc(Br)cs1)N1CC(C)OC(CO)C1. The number of halogens is 1. The molecule has 4 unspecified atom stereocenters. The first kappa shape index (κ1) is 16.4. The van der Waals surface area contributed by atoms with Gasteiger partial charge in [-0.2, -0.15) is 0 Å². The first-order valence-electron chi connectivity index (χ1n) is 7.05. The molecular weight excluding hydrogens is 340 g/mol. The average Bonchev–Trinajstić information content (AvgIpc) is 2.84. The van der Waals surface area contributed by atoms with Crippen LogP contribution in [-0.4, -0.2) is 48.0 Å². The fourth-order valence-electron chi connectivity index (χ4n) is 2.78. The molecule has 0 aromatic carbocycles. The zero-order valence-corrected chi connectivity index (χ0v) is 14.4. The lowest BCUT2D eigenvalue weighted by Crippen LogP contribution is -2.52. The van der Waals surface area contributed by atoms with E-state index in [1.165, 1.54) is 4.88 Å². The van der Waals surface area contributed by atoms with Crippen molar-refractivity contribution in [3.05, 3.63) is 20.8 Å². The van der Waals surface area contributed by atoms with Gasteiger partial charge in [0.25, 0.3) is 0 Å². The normalized spacial score (nSPS) is 27.4. The van der Waals surface area contributed by atoms with Gasteiger partial charge in [0.2, 0.25) is 0 Å². The van der Waals surface area contributed by atoms with Crippen LogP contribution in [0.3, 0.4) is 0 Å². The molecule has 1 aromatic rings. The van der Waals surface area contributed by atoms with Crippen molar-refractivity contribution in [2.45, 2.75) is 44.6 Å². The molecule has 1 fully saturated rings. The number of ether oxygens (including phenoxy) is 1. The highest BCUT2D eigenvalue weighted by Crippen LogP contribution is 2.33. The minimum absolute atomic E-state index is 0.0586. The number of aliphatic hydroxyl groups excluding tert-OH is 1. The standard InChI is InChI=1S/C14H23BrN2O2S/c1-3-12(16)14(13-4-10(15)8-20-13)17-5-9(2)19-11(6-17)7-18/h4,8-9,11-12,14,18H,3,5-7,16H2,1-2H3. The molecule has 6 heteroatoms. The highest BCUT2D eigenvalue weighted by molar-refractivity contribution is 9.10. The topological polar surface area (TPSA) is 58.7 Å². The molecule has 0 amide bonds. The summed E-state index contributed by atoms with van der Waals surface area (Å²) < 4.78 is 6.83. The highest BCUT2D eigenvalue weighted by atomic mass is 79.9. The van der Waals surface area contributed by atoms with Crippen molar-refractivity contribution in [2.24, 2.45) is 5.73 Å². The Kier molecular flexibility index (Phi) is 6.01. The summed E-state index contributed by atoms with van der Waals surface area (Å²) in [5.74, 6) is 0. The number of thiophene rings is 1. The molecule has 0 aliphatic carbocycles. The second-order valence-corrected chi connectivity index (χ2v) is 7.25. The van der Waals surface area contributed by atoms with E-state index in [9.17, 15) is 5.11 Å². The molecule has 20 heavy (non-hydrogen) atoms. The van der Waals surface area contributed by atoms with Crippen molar-refractivity contribution in [3.63, 3.8) is 0 Å². The predicted molar refractivity (Wildman–Crippen MR) is 86.0 cm³/mol. The largest absolute Gasteiger partial charge is 0.394 e. The summed E-state index contributed by atoms with van der Waals surface area (Å²) in [6.45, 7) is 5.81. The van der Waals surface area contributed by atoms with Crippen molar-refractivity contribution in [1.82, 2.24) is 4.90 Å². The van der Waals surface area contributed by atoms with E-state index in [-0.39, 0.29) is 30.9 Å². The molecule has 4 atom stereocenters. The van der Waals surface area contributed by atoms with Gasteiger partial charge in [0.1, 0.15) is 0 Å². The quantitative estimate of drug-likeness (QED) is 0.843. The molecule has 1 aromatic heterocycles. The van der Waals surface area contributed by atoms with Crippen molar-refractivity contribution in [3.8, 4) is 0 Å². The molecular formula is C14H23BrN2O2S. The maximum Gasteiger partial charge on any atom is 0.0936 e. The monoisotopic (exact) mass is 362 g/mol. The maximum absolute atomic E-state index is 9.39. The Balaban J connectivity index is 2.22. The van der Waals surface area contributed by atoms with Gasteiger partial charge in [-0.15, -0.1) is 11.3 Å². The van der Waals surface area contributed by atoms with Crippen LogP contribution in [0.4, 0.5) is 0 Å². The Hall–Kier alpha value is 0.0200. The first-order valence-corrected chi connectivity index (χ1v) is 8.72. The van der Waals surface area contributed by atoms with Crippen LogP contribution >= 0.6 is 27.3 Å². The van der Waals surface area contributed by atoms with E-state index in [2.05, 4.69) is 39.2 Å². The fourth-order valence-corrected chi connectivity index (χ4v) is 4.43. The van der Waals surface area contributed by atoms with Gasteiger partial charge in [-0.25, -0.2) is 0 Å². The van der Waals surface area contributed by atoms with E-state index in [1.807, 2.05) is 6.92 Å². The molecule has 1 saturated heterocycles. The number of morpholine rings is 1.